The van der Waals surface area contributed by atoms with Crippen LogP contribution in [-0.2, 0) is 0 Å². The number of halogens is 2. The second-order valence-electron chi connectivity index (χ2n) is 3.31. The number of benzene rings is 1. The molecular weight excluding hydrogens is 243 g/mol. The van der Waals surface area contributed by atoms with Crippen molar-refractivity contribution in [2.75, 3.05) is 0 Å². The molecule has 1 aromatic rings. The maximum Gasteiger partial charge on any atom is 0.152 e. The van der Waals surface area contributed by atoms with Crippen molar-refractivity contribution in [1.82, 2.24) is 0 Å². The number of hydrogen-bond acceptors (Lipinski definition) is 1. The lowest BCUT2D eigenvalue weighted by Crippen LogP contribution is -2.06. The summed E-state index contributed by atoms with van der Waals surface area (Å²) in [4.78, 5) is 0.933. The van der Waals surface area contributed by atoms with Gasteiger partial charge in [-0.1, -0.05) is 51.1 Å². The standard InChI is InChI=1S/C11H14ClFS.C2H6/c1-3-8(2)11(13)14-10-6-4-9(12)5-7-10;1-2/h4-8,11H,3H2,1-2H3;1-2H3. The van der Waals surface area contributed by atoms with Crippen LogP contribution >= 0.6 is 23.4 Å². The highest BCUT2D eigenvalue weighted by atomic mass is 35.5. The van der Waals surface area contributed by atoms with Crippen molar-refractivity contribution in [2.45, 2.75) is 44.5 Å². The average molecular weight is 263 g/mol. The molecule has 0 amide bonds. The van der Waals surface area contributed by atoms with Gasteiger partial charge < -0.3 is 0 Å². The van der Waals surface area contributed by atoms with Crippen LogP contribution < -0.4 is 0 Å². The van der Waals surface area contributed by atoms with Gasteiger partial charge in [0.2, 0.25) is 0 Å². The van der Waals surface area contributed by atoms with E-state index in [1.165, 1.54) is 11.8 Å². The second-order valence-corrected chi connectivity index (χ2v) is 4.90. The smallest absolute Gasteiger partial charge is 0.152 e. The summed E-state index contributed by atoms with van der Waals surface area (Å²) in [5.74, 6) is 0.0932. The maximum atomic E-state index is 13.5. The van der Waals surface area contributed by atoms with E-state index in [-0.39, 0.29) is 5.92 Å². The van der Waals surface area contributed by atoms with E-state index in [2.05, 4.69) is 0 Å². The molecule has 0 aliphatic heterocycles. The Morgan fingerprint density at radius 2 is 1.75 bits per heavy atom. The first kappa shape index (κ1) is 15.8. The van der Waals surface area contributed by atoms with Crippen molar-refractivity contribution in [3.63, 3.8) is 0 Å². The minimum absolute atomic E-state index is 0.0932. The van der Waals surface area contributed by atoms with Gasteiger partial charge in [0.05, 0.1) is 0 Å². The fourth-order valence-corrected chi connectivity index (χ4v) is 2.05. The Morgan fingerprint density at radius 1 is 1.25 bits per heavy atom. The molecule has 0 N–H and O–H groups in total. The summed E-state index contributed by atoms with van der Waals surface area (Å²) >= 11 is 6.99. The summed E-state index contributed by atoms with van der Waals surface area (Å²) in [6.07, 6.45) is 0.863. The van der Waals surface area contributed by atoms with E-state index < -0.39 is 5.50 Å². The first-order chi connectivity index (χ1) is 7.63. The van der Waals surface area contributed by atoms with Crippen molar-refractivity contribution in [3.8, 4) is 0 Å². The monoisotopic (exact) mass is 262 g/mol. The zero-order chi connectivity index (χ0) is 12.6. The normalized spacial score (nSPS) is 13.6. The lowest BCUT2D eigenvalue weighted by Gasteiger charge is -2.13. The molecule has 2 atom stereocenters. The van der Waals surface area contributed by atoms with Crippen LogP contribution in [0.15, 0.2) is 29.2 Å². The second kappa shape index (κ2) is 8.89. The van der Waals surface area contributed by atoms with Gasteiger partial charge in [0.15, 0.2) is 5.50 Å². The highest BCUT2D eigenvalue weighted by molar-refractivity contribution is 7.99. The zero-order valence-corrected chi connectivity index (χ0v) is 11.9. The summed E-state index contributed by atoms with van der Waals surface area (Å²) < 4.78 is 13.5. The van der Waals surface area contributed by atoms with Crippen LogP contribution in [0.2, 0.25) is 5.02 Å². The molecule has 92 valence electrons. The van der Waals surface area contributed by atoms with Crippen molar-refractivity contribution in [3.05, 3.63) is 29.3 Å². The third-order valence-corrected chi connectivity index (χ3v) is 3.64. The third-order valence-electron chi connectivity index (χ3n) is 2.15. The van der Waals surface area contributed by atoms with E-state index in [1.54, 1.807) is 12.1 Å². The number of rotatable bonds is 4. The van der Waals surface area contributed by atoms with Gasteiger partial charge in [-0.25, -0.2) is 4.39 Å². The van der Waals surface area contributed by atoms with Gasteiger partial charge in [0, 0.05) is 9.92 Å². The molecule has 0 aromatic heterocycles. The van der Waals surface area contributed by atoms with Gasteiger partial charge >= 0.3 is 0 Å². The Kier molecular flexibility index (Phi) is 8.77. The molecule has 0 bridgehead atoms. The van der Waals surface area contributed by atoms with Gasteiger partial charge in [-0.05, 0) is 36.6 Å². The van der Waals surface area contributed by atoms with E-state index in [1.807, 2.05) is 39.8 Å². The van der Waals surface area contributed by atoms with E-state index >= 15 is 0 Å². The van der Waals surface area contributed by atoms with E-state index in [9.17, 15) is 4.39 Å². The summed E-state index contributed by atoms with van der Waals surface area (Å²) in [6.45, 7) is 7.92. The summed E-state index contributed by atoms with van der Waals surface area (Å²) in [7, 11) is 0. The molecule has 0 heterocycles. The first-order valence-corrected chi connectivity index (χ1v) is 6.95. The van der Waals surface area contributed by atoms with Crippen LogP contribution in [0.1, 0.15) is 34.1 Å². The van der Waals surface area contributed by atoms with Crippen molar-refractivity contribution in [1.29, 1.82) is 0 Å². The van der Waals surface area contributed by atoms with Gasteiger partial charge in [0.1, 0.15) is 0 Å². The molecule has 0 radical (unpaired) electrons. The zero-order valence-electron chi connectivity index (χ0n) is 10.3. The largest absolute Gasteiger partial charge is 0.235 e. The van der Waals surface area contributed by atoms with Gasteiger partial charge in [-0.2, -0.15) is 0 Å². The van der Waals surface area contributed by atoms with E-state index in [4.69, 9.17) is 11.6 Å². The Bertz CT molecular complexity index is 274. The Labute approximate surface area is 108 Å². The topological polar surface area (TPSA) is 0 Å². The molecule has 0 nitrogen and oxygen atoms in total. The van der Waals surface area contributed by atoms with Gasteiger partial charge in [-0.15, -0.1) is 0 Å². The molecular formula is C13H20ClFS. The Morgan fingerprint density at radius 3 is 2.19 bits per heavy atom. The SMILES string of the molecule is CC.CCC(C)C(F)Sc1ccc(Cl)cc1. The maximum absolute atomic E-state index is 13.5. The summed E-state index contributed by atoms with van der Waals surface area (Å²) in [5.41, 5.74) is -0.832. The molecule has 0 saturated carbocycles. The molecule has 0 spiro atoms. The van der Waals surface area contributed by atoms with Crippen molar-refractivity contribution in [2.24, 2.45) is 5.92 Å². The molecule has 1 rings (SSSR count). The minimum atomic E-state index is -0.832. The predicted octanol–water partition coefficient (Wildman–Crippen LogP) is 5.80. The fourth-order valence-electron chi connectivity index (χ4n) is 0.945. The third kappa shape index (κ3) is 5.76. The number of hydrogen-bond donors (Lipinski definition) is 0. The molecule has 3 heteroatoms. The van der Waals surface area contributed by atoms with Crippen LogP contribution in [0.25, 0.3) is 0 Å². The van der Waals surface area contributed by atoms with E-state index in [0.29, 0.717) is 5.02 Å². The number of thioether (sulfide) groups is 1. The molecule has 0 aliphatic carbocycles. The van der Waals surface area contributed by atoms with E-state index in [0.717, 1.165) is 11.3 Å². The van der Waals surface area contributed by atoms with Crippen molar-refractivity contribution < 1.29 is 4.39 Å². The minimum Gasteiger partial charge on any atom is -0.235 e. The summed E-state index contributed by atoms with van der Waals surface area (Å²) in [5, 5.41) is 0.688. The van der Waals surface area contributed by atoms with Crippen molar-refractivity contribution >= 4 is 23.4 Å². The quantitative estimate of drug-likeness (QED) is 0.618. The fraction of sp³-hybridized carbons (Fsp3) is 0.538. The lowest BCUT2D eigenvalue weighted by molar-refractivity contribution is 0.336. The van der Waals surface area contributed by atoms with Crippen LogP contribution in [0.4, 0.5) is 4.39 Å². The van der Waals surface area contributed by atoms with Gasteiger partial charge in [-0.3, -0.25) is 0 Å². The molecule has 0 saturated heterocycles. The molecule has 0 aliphatic rings. The highest BCUT2D eigenvalue weighted by Crippen LogP contribution is 2.30. The molecule has 2 unspecified atom stereocenters. The van der Waals surface area contributed by atoms with Crippen LogP contribution in [0.3, 0.4) is 0 Å². The first-order valence-electron chi connectivity index (χ1n) is 5.69. The van der Waals surface area contributed by atoms with Crippen LogP contribution in [0.5, 0.6) is 0 Å². The summed E-state index contributed by atoms with van der Waals surface area (Å²) in [6, 6.07) is 7.27. The molecule has 1 aromatic carbocycles. The lowest BCUT2D eigenvalue weighted by atomic mass is 10.1. The Hall–Kier alpha value is -0.210. The van der Waals surface area contributed by atoms with Gasteiger partial charge in [0.25, 0.3) is 0 Å². The van der Waals surface area contributed by atoms with Crippen LogP contribution in [0, 0.1) is 5.92 Å². The average Bonchev–Trinajstić information content (AvgIpc) is 2.33. The predicted molar refractivity (Wildman–Crippen MR) is 73.0 cm³/mol. The molecule has 16 heavy (non-hydrogen) atoms. The highest BCUT2D eigenvalue weighted by Gasteiger charge is 2.15. The van der Waals surface area contributed by atoms with Crippen LogP contribution in [-0.4, -0.2) is 5.50 Å². The molecule has 0 fully saturated rings. The Balaban J connectivity index is 0.00000106. The number of alkyl halides is 1.